The standard InChI is InChI=1S/C42H64O19/c1-19-35(60-38-34(51)32(49)36(27(16-44)59-38)61-37-33(50)31(48)30(47)26(15-43)58-37)25(54-3)13-29(56-19)57-21-4-9-40(18-45)23-5-8-39(2)22(20-12-28(46)55-17-20)7-11-42(39,53)24(23)6-10-41(40,52)14-21/h12,18-19,21-27,29-38,43-44,47-53H,4-11,13-17H2,1-3H3/t19-,21-,22+,23-,24+,25-,26+,27-,29-,30-,31-,32+,33+,34+,35-,36-,37-,38-,39+,40-,41-,42-/m0/s1. The molecule has 0 amide bonds. The molecule has 0 aromatic carbocycles. The minimum Gasteiger partial charge on any atom is -0.458 e. The summed E-state index contributed by atoms with van der Waals surface area (Å²) in [5.41, 5.74) is -3.06. The van der Waals surface area contributed by atoms with Crippen LogP contribution in [0.3, 0.4) is 0 Å². The predicted octanol–water partition coefficient (Wildman–Crippen LogP) is -1.92. The Bertz CT molecular complexity index is 1630. The summed E-state index contributed by atoms with van der Waals surface area (Å²) in [6, 6.07) is 0. The molecule has 19 nitrogen and oxygen atoms in total. The van der Waals surface area contributed by atoms with E-state index in [2.05, 4.69) is 6.92 Å². The molecule has 4 heterocycles. The SMILES string of the molecule is CO[C@H]1C[C@H](O[C@H]2CC[C@]3(C=O)[C@H]4CC[C@]5(C)[C@@H](C6=CC(=O)OC6)CC[C@]5(O)[C@@H]4CC[C@]3(O)C2)O[C@@H](C)[C@@H]1O[C@@H]1O[C@@H](CO)[C@H](O[C@@H]2O[C@H](CO)[C@H](O)[C@H](O)[C@H]2O)[C@H](O)[C@H]1O. The third-order valence-corrected chi connectivity index (χ3v) is 16.3. The Hall–Kier alpha value is -1.76. The maximum Gasteiger partial charge on any atom is 0.331 e. The Morgan fingerprint density at radius 2 is 1.46 bits per heavy atom. The van der Waals surface area contributed by atoms with Crippen LogP contribution in [0.1, 0.15) is 78.1 Å². The number of carbonyl (C=O) groups is 2. The van der Waals surface area contributed by atoms with Gasteiger partial charge in [0.25, 0.3) is 0 Å². The molecule has 9 N–H and O–H groups in total. The van der Waals surface area contributed by atoms with Crippen molar-refractivity contribution in [1.82, 2.24) is 0 Å². The summed E-state index contributed by atoms with van der Waals surface area (Å²) in [5.74, 6) is -0.767. The summed E-state index contributed by atoms with van der Waals surface area (Å²) in [7, 11) is 1.47. The Balaban J connectivity index is 0.889. The van der Waals surface area contributed by atoms with E-state index in [1.54, 1.807) is 13.0 Å². The van der Waals surface area contributed by atoms with Gasteiger partial charge in [-0.05, 0) is 81.6 Å². The van der Waals surface area contributed by atoms with E-state index in [4.69, 9.17) is 37.9 Å². The molecule has 4 saturated carbocycles. The molecule has 0 unspecified atom stereocenters. The number of rotatable bonds is 11. The fourth-order valence-electron chi connectivity index (χ4n) is 13.0. The van der Waals surface area contributed by atoms with Crippen molar-refractivity contribution in [3.05, 3.63) is 11.6 Å². The number of hydrogen-bond acceptors (Lipinski definition) is 19. The highest BCUT2D eigenvalue weighted by Crippen LogP contribution is 2.70. The van der Waals surface area contributed by atoms with Crippen molar-refractivity contribution in [1.29, 1.82) is 0 Å². The summed E-state index contributed by atoms with van der Waals surface area (Å²) in [6.07, 6.45) is -12.4. The van der Waals surface area contributed by atoms with Gasteiger partial charge in [-0.25, -0.2) is 4.79 Å². The minimum atomic E-state index is -1.80. The van der Waals surface area contributed by atoms with E-state index in [9.17, 15) is 55.5 Å². The topological polar surface area (TPSA) is 290 Å². The Labute approximate surface area is 353 Å². The van der Waals surface area contributed by atoms with Crippen molar-refractivity contribution < 1.29 is 93.4 Å². The zero-order chi connectivity index (χ0) is 43.8. The van der Waals surface area contributed by atoms with E-state index >= 15 is 0 Å². The van der Waals surface area contributed by atoms with E-state index in [0.29, 0.717) is 44.9 Å². The summed E-state index contributed by atoms with van der Waals surface area (Å²) in [6.45, 7) is 2.62. The Morgan fingerprint density at radius 1 is 0.787 bits per heavy atom. The molecular weight excluding hydrogens is 808 g/mol. The van der Waals surface area contributed by atoms with Gasteiger partial charge in [-0.1, -0.05) is 6.92 Å². The van der Waals surface area contributed by atoms with E-state index in [0.717, 1.165) is 18.3 Å². The molecule has 4 aliphatic heterocycles. The monoisotopic (exact) mass is 872 g/mol. The normalized spacial score (nSPS) is 53.6. The van der Waals surface area contributed by atoms with Crippen molar-refractivity contribution in [2.75, 3.05) is 26.9 Å². The fraction of sp³-hybridized carbons (Fsp3) is 0.905. The number of carbonyl (C=O) groups excluding carboxylic acids is 2. The minimum absolute atomic E-state index is 0.00485. The molecule has 0 bridgehead atoms. The second-order valence-electron chi connectivity index (χ2n) is 19.1. The lowest BCUT2D eigenvalue weighted by molar-refractivity contribution is -0.373. The highest BCUT2D eigenvalue weighted by Gasteiger charge is 2.71. The molecule has 0 spiro atoms. The molecular formula is C42H64O19. The van der Waals surface area contributed by atoms with Crippen LogP contribution in [0.25, 0.3) is 0 Å². The number of hydrogen-bond donors (Lipinski definition) is 9. The van der Waals surface area contributed by atoms with Crippen molar-refractivity contribution in [3.8, 4) is 0 Å². The smallest absolute Gasteiger partial charge is 0.331 e. The van der Waals surface area contributed by atoms with Crippen LogP contribution in [0.4, 0.5) is 0 Å². The molecule has 8 rings (SSSR count). The van der Waals surface area contributed by atoms with Crippen LogP contribution in [-0.4, -0.2) is 188 Å². The zero-order valence-electron chi connectivity index (χ0n) is 34.8. The number of cyclic esters (lactones) is 1. The molecule has 61 heavy (non-hydrogen) atoms. The van der Waals surface area contributed by atoms with Crippen LogP contribution in [0.15, 0.2) is 11.6 Å². The van der Waals surface area contributed by atoms with Gasteiger partial charge in [-0.3, -0.25) is 0 Å². The number of methoxy groups -OCH3 is 1. The van der Waals surface area contributed by atoms with Gasteiger partial charge >= 0.3 is 5.97 Å². The lowest BCUT2D eigenvalue weighted by Gasteiger charge is -2.65. The summed E-state index contributed by atoms with van der Waals surface area (Å²) in [4.78, 5) is 25.3. The molecule has 0 aromatic heterocycles. The van der Waals surface area contributed by atoms with Gasteiger partial charge in [0.05, 0.1) is 48.1 Å². The van der Waals surface area contributed by atoms with Gasteiger partial charge in [0, 0.05) is 31.4 Å². The van der Waals surface area contributed by atoms with Crippen molar-refractivity contribution in [3.63, 3.8) is 0 Å². The molecule has 4 aliphatic carbocycles. The van der Waals surface area contributed by atoms with Crippen LogP contribution in [0.5, 0.6) is 0 Å². The van der Waals surface area contributed by atoms with E-state index in [-0.39, 0.29) is 43.2 Å². The van der Waals surface area contributed by atoms with Crippen LogP contribution in [0, 0.1) is 28.6 Å². The van der Waals surface area contributed by atoms with Crippen molar-refractivity contribution in [2.45, 2.75) is 181 Å². The van der Waals surface area contributed by atoms with E-state index in [1.807, 2.05) is 0 Å². The Kier molecular flexibility index (Phi) is 12.9. The van der Waals surface area contributed by atoms with Crippen molar-refractivity contribution >= 4 is 12.3 Å². The van der Waals surface area contributed by atoms with E-state index in [1.165, 1.54) is 7.11 Å². The van der Waals surface area contributed by atoms with Gasteiger partial charge < -0.3 is 88.6 Å². The average Bonchev–Trinajstić information content (AvgIpc) is 3.79. The van der Waals surface area contributed by atoms with Crippen LogP contribution in [0.2, 0.25) is 0 Å². The van der Waals surface area contributed by atoms with Crippen LogP contribution < -0.4 is 0 Å². The van der Waals surface area contributed by atoms with Crippen LogP contribution in [-0.2, 0) is 47.5 Å². The average molecular weight is 873 g/mol. The maximum absolute atomic E-state index is 13.3. The Morgan fingerprint density at radius 3 is 2.11 bits per heavy atom. The largest absolute Gasteiger partial charge is 0.458 e. The van der Waals surface area contributed by atoms with Crippen molar-refractivity contribution in [2.24, 2.45) is 28.6 Å². The van der Waals surface area contributed by atoms with Gasteiger partial charge in [-0.15, -0.1) is 0 Å². The van der Waals surface area contributed by atoms with Gasteiger partial charge in [0.15, 0.2) is 18.9 Å². The van der Waals surface area contributed by atoms with Gasteiger partial charge in [0.1, 0.15) is 67.8 Å². The molecule has 8 aliphatic rings. The number of fused-ring (bicyclic) bond motifs is 5. The molecule has 22 atom stereocenters. The molecule has 0 aromatic rings. The zero-order valence-corrected chi connectivity index (χ0v) is 34.8. The van der Waals surface area contributed by atoms with Gasteiger partial charge in [-0.2, -0.15) is 0 Å². The van der Waals surface area contributed by atoms with E-state index < -0.39 is 127 Å². The quantitative estimate of drug-likeness (QED) is 0.0622. The molecule has 0 radical (unpaired) electrons. The molecule has 3 saturated heterocycles. The second-order valence-corrected chi connectivity index (χ2v) is 19.1. The molecule has 7 fully saturated rings. The number of ether oxygens (including phenoxy) is 8. The summed E-state index contributed by atoms with van der Waals surface area (Å²) >= 11 is 0. The first-order valence-electron chi connectivity index (χ1n) is 21.8. The maximum atomic E-state index is 13.3. The number of aliphatic hydroxyl groups is 9. The second kappa shape index (κ2) is 17.2. The fourth-order valence-corrected chi connectivity index (χ4v) is 13.0. The summed E-state index contributed by atoms with van der Waals surface area (Å²) in [5, 5.41) is 97.8. The number of aliphatic hydroxyl groups excluding tert-OH is 7. The first kappa shape index (κ1) is 45.8. The van der Waals surface area contributed by atoms with Crippen LogP contribution >= 0.6 is 0 Å². The third kappa shape index (κ3) is 7.45. The first-order valence-corrected chi connectivity index (χ1v) is 21.8. The molecule has 346 valence electrons. The lowest BCUT2D eigenvalue weighted by Crippen LogP contribution is -2.69. The predicted molar refractivity (Wildman–Crippen MR) is 203 cm³/mol. The number of aldehydes is 1. The highest BCUT2D eigenvalue weighted by atomic mass is 16.8. The van der Waals surface area contributed by atoms with Gasteiger partial charge in [0.2, 0.25) is 0 Å². The highest BCUT2D eigenvalue weighted by molar-refractivity contribution is 5.85. The third-order valence-electron chi connectivity index (χ3n) is 16.3. The lowest BCUT2D eigenvalue weighted by atomic mass is 9.41. The first-order chi connectivity index (χ1) is 29.0. The molecule has 19 heteroatoms. The number of esters is 1. The summed E-state index contributed by atoms with van der Waals surface area (Å²) < 4.78 is 46.9.